The summed E-state index contributed by atoms with van der Waals surface area (Å²) in [5.41, 5.74) is 3.87. The van der Waals surface area contributed by atoms with Crippen molar-refractivity contribution in [1.82, 2.24) is 0 Å². The molecule has 0 spiro atoms. The number of carbonyl (C=O) groups excluding carboxylic acids is 1. The molecule has 7 atom stereocenters. The summed E-state index contributed by atoms with van der Waals surface area (Å²) in [6.45, 7) is 5.07. The van der Waals surface area contributed by atoms with E-state index >= 15 is 0 Å². The van der Waals surface area contributed by atoms with E-state index in [1.807, 2.05) is 19.9 Å². The van der Waals surface area contributed by atoms with Crippen LogP contribution >= 0.6 is 0 Å². The molecule has 8 heteroatoms. The number of benzene rings is 1. The first-order chi connectivity index (χ1) is 13.2. The molecule has 5 N–H and O–H groups in total. The summed E-state index contributed by atoms with van der Waals surface area (Å²) in [6.07, 6.45) is -6.93. The van der Waals surface area contributed by atoms with Crippen molar-refractivity contribution in [3.8, 4) is 0 Å². The molecule has 1 aliphatic heterocycles. The summed E-state index contributed by atoms with van der Waals surface area (Å²) in [5, 5.41) is 49.2. The molecule has 0 saturated carbocycles. The van der Waals surface area contributed by atoms with Crippen molar-refractivity contribution < 1.29 is 39.8 Å². The van der Waals surface area contributed by atoms with Crippen LogP contribution in [0.15, 0.2) is 6.07 Å². The highest BCUT2D eigenvalue weighted by Crippen LogP contribution is 2.39. The second kappa shape index (κ2) is 8.16. The van der Waals surface area contributed by atoms with E-state index in [2.05, 4.69) is 0 Å². The number of ether oxygens (including phenoxy) is 2. The molecule has 1 aromatic carbocycles. The predicted molar refractivity (Wildman–Crippen MR) is 97.8 cm³/mol. The van der Waals surface area contributed by atoms with Gasteiger partial charge in [-0.1, -0.05) is 13.0 Å². The molecule has 1 saturated heterocycles. The fourth-order valence-electron chi connectivity index (χ4n) is 4.12. The number of fused-ring (bicyclic) bond motifs is 1. The molecule has 1 aliphatic carbocycles. The van der Waals surface area contributed by atoms with Crippen molar-refractivity contribution in [2.45, 2.75) is 64.0 Å². The highest BCUT2D eigenvalue weighted by atomic mass is 16.7. The Morgan fingerprint density at radius 3 is 2.43 bits per heavy atom. The quantitative estimate of drug-likeness (QED) is 0.451. The maximum Gasteiger partial charge on any atom is 0.186 e. The highest BCUT2D eigenvalue weighted by Gasteiger charge is 2.44. The maximum atomic E-state index is 12.5. The molecule has 2 aliphatic rings. The van der Waals surface area contributed by atoms with E-state index in [-0.39, 0.29) is 12.4 Å². The predicted octanol–water partition coefficient (Wildman–Crippen LogP) is -0.472. The van der Waals surface area contributed by atoms with Gasteiger partial charge in [0.05, 0.1) is 19.3 Å². The van der Waals surface area contributed by atoms with Crippen LogP contribution < -0.4 is 0 Å². The standard InChI is InChI=1S/C20H28O8/c1-8-6-12-14(16(23)10(3)15(12)22)9(2)11(8)4-5-27-20-19(26)18(25)17(24)13(7-21)28-20/h6,10,13,15,17-22,24-26H,4-5,7H2,1-3H3/t10?,13-,15-,17-,18-,19-,20-/m1/s1. The largest absolute Gasteiger partial charge is 0.394 e. The van der Waals surface area contributed by atoms with Crippen LogP contribution in [0.1, 0.15) is 45.6 Å². The van der Waals surface area contributed by atoms with E-state index < -0.39 is 49.3 Å². The zero-order valence-corrected chi connectivity index (χ0v) is 16.2. The molecular weight excluding hydrogens is 368 g/mol. The average Bonchev–Trinajstić information content (AvgIpc) is 2.88. The summed E-state index contributed by atoms with van der Waals surface area (Å²) >= 11 is 0. The monoisotopic (exact) mass is 396 g/mol. The second-order valence-corrected chi connectivity index (χ2v) is 7.68. The lowest BCUT2D eigenvalue weighted by molar-refractivity contribution is -0.300. The number of aliphatic hydroxyl groups excluding tert-OH is 5. The number of rotatable bonds is 5. The Morgan fingerprint density at radius 1 is 1.11 bits per heavy atom. The molecule has 1 aromatic rings. The molecule has 0 amide bonds. The molecule has 0 radical (unpaired) electrons. The van der Waals surface area contributed by atoms with Gasteiger partial charge in [0.2, 0.25) is 0 Å². The molecule has 0 aromatic heterocycles. The molecule has 8 nitrogen and oxygen atoms in total. The number of aryl methyl sites for hydroxylation is 1. The Kier molecular flexibility index (Phi) is 6.21. The van der Waals surface area contributed by atoms with Crippen molar-refractivity contribution in [3.63, 3.8) is 0 Å². The number of carbonyl (C=O) groups is 1. The second-order valence-electron chi connectivity index (χ2n) is 7.68. The molecule has 1 heterocycles. The van der Waals surface area contributed by atoms with Gasteiger partial charge in [-0.25, -0.2) is 0 Å². The molecule has 1 fully saturated rings. The van der Waals surface area contributed by atoms with Gasteiger partial charge < -0.3 is 35.0 Å². The van der Waals surface area contributed by atoms with E-state index in [9.17, 15) is 30.3 Å². The molecule has 156 valence electrons. The molecule has 3 rings (SSSR count). The number of hydrogen-bond acceptors (Lipinski definition) is 8. The summed E-state index contributed by atoms with van der Waals surface area (Å²) in [7, 11) is 0. The van der Waals surface area contributed by atoms with Crippen molar-refractivity contribution >= 4 is 5.78 Å². The average molecular weight is 396 g/mol. The van der Waals surface area contributed by atoms with E-state index in [1.165, 1.54) is 0 Å². The normalized spacial score (nSPS) is 35.3. The fraction of sp³-hybridized carbons (Fsp3) is 0.650. The van der Waals surface area contributed by atoms with Gasteiger partial charge in [-0.15, -0.1) is 0 Å². The Balaban J connectivity index is 1.72. The van der Waals surface area contributed by atoms with Crippen LogP contribution in [0.25, 0.3) is 0 Å². The van der Waals surface area contributed by atoms with Gasteiger partial charge in [0, 0.05) is 11.5 Å². The minimum atomic E-state index is -1.49. The van der Waals surface area contributed by atoms with Crippen LogP contribution in [0.5, 0.6) is 0 Å². The van der Waals surface area contributed by atoms with Crippen LogP contribution in [0, 0.1) is 19.8 Å². The number of ketones is 1. The third-order valence-electron chi connectivity index (χ3n) is 5.90. The minimum absolute atomic E-state index is 0.0731. The van der Waals surface area contributed by atoms with E-state index in [1.54, 1.807) is 6.92 Å². The Hall–Kier alpha value is -1.39. The number of Topliss-reactive ketones (excluding diaryl/α,β-unsaturated/α-hetero) is 1. The number of hydrogen-bond donors (Lipinski definition) is 5. The van der Waals surface area contributed by atoms with Crippen LogP contribution in [-0.2, 0) is 15.9 Å². The molecule has 0 bridgehead atoms. The van der Waals surface area contributed by atoms with Gasteiger partial charge in [0.25, 0.3) is 0 Å². The first-order valence-electron chi connectivity index (χ1n) is 9.46. The summed E-state index contributed by atoms with van der Waals surface area (Å²) < 4.78 is 10.9. The zero-order valence-electron chi connectivity index (χ0n) is 16.2. The van der Waals surface area contributed by atoms with E-state index in [0.29, 0.717) is 17.5 Å². The van der Waals surface area contributed by atoms with Crippen LogP contribution in [0.4, 0.5) is 0 Å². The molecule has 28 heavy (non-hydrogen) atoms. The maximum absolute atomic E-state index is 12.5. The molecular formula is C20H28O8. The van der Waals surface area contributed by atoms with Gasteiger partial charge in [-0.05, 0) is 42.5 Å². The summed E-state index contributed by atoms with van der Waals surface area (Å²) in [6, 6.07) is 1.83. The van der Waals surface area contributed by atoms with Crippen LogP contribution in [-0.4, -0.2) is 75.2 Å². The third-order valence-corrected chi connectivity index (χ3v) is 5.90. The van der Waals surface area contributed by atoms with Gasteiger partial charge in [0.15, 0.2) is 12.1 Å². The Bertz CT molecular complexity index is 746. The first-order valence-corrected chi connectivity index (χ1v) is 9.46. The van der Waals surface area contributed by atoms with Gasteiger partial charge >= 0.3 is 0 Å². The lowest BCUT2D eigenvalue weighted by atomic mass is 9.92. The van der Waals surface area contributed by atoms with E-state index in [0.717, 1.165) is 16.7 Å². The highest BCUT2D eigenvalue weighted by molar-refractivity contribution is 6.04. The Morgan fingerprint density at radius 2 is 1.79 bits per heavy atom. The topological polar surface area (TPSA) is 137 Å². The van der Waals surface area contributed by atoms with Crippen LogP contribution in [0.3, 0.4) is 0 Å². The summed E-state index contributed by atoms with van der Waals surface area (Å²) in [5.74, 6) is -0.537. The lowest BCUT2D eigenvalue weighted by Gasteiger charge is -2.39. The summed E-state index contributed by atoms with van der Waals surface area (Å²) in [4.78, 5) is 12.5. The minimum Gasteiger partial charge on any atom is -0.394 e. The van der Waals surface area contributed by atoms with Crippen LogP contribution in [0.2, 0.25) is 0 Å². The SMILES string of the molecule is Cc1cc2c(c(C)c1CCO[C@@H]1O[C@H](CO)[C@@H](O)[C@@H](O)[C@H]1O)C(=O)C(C)[C@H]2O. The fourth-order valence-corrected chi connectivity index (χ4v) is 4.12. The van der Waals surface area contributed by atoms with Gasteiger partial charge in [-0.3, -0.25) is 4.79 Å². The first kappa shape index (κ1) is 21.3. The number of aliphatic hydroxyl groups is 5. The lowest BCUT2D eigenvalue weighted by Crippen LogP contribution is -2.59. The van der Waals surface area contributed by atoms with Gasteiger partial charge in [0.1, 0.15) is 24.4 Å². The van der Waals surface area contributed by atoms with Crippen molar-refractivity contribution in [3.05, 3.63) is 33.9 Å². The van der Waals surface area contributed by atoms with Crippen molar-refractivity contribution in [1.29, 1.82) is 0 Å². The van der Waals surface area contributed by atoms with E-state index in [4.69, 9.17) is 9.47 Å². The van der Waals surface area contributed by atoms with Crippen molar-refractivity contribution in [2.24, 2.45) is 5.92 Å². The molecule has 1 unspecified atom stereocenters. The third kappa shape index (κ3) is 3.50. The van der Waals surface area contributed by atoms with Gasteiger partial charge in [-0.2, -0.15) is 0 Å². The zero-order chi connectivity index (χ0) is 20.7. The Labute approximate surface area is 163 Å². The van der Waals surface area contributed by atoms with Crippen molar-refractivity contribution in [2.75, 3.05) is 13.2 Å². The smallest absolute Gasteiger partial charge is 0.186 e.